The Bertz CT molecular complexity index is 1130. The number of hydrogen-bond donors (Lipinski definition) is 2. The second-order valence-electron chi connectivity index (χ2n) is 7.97. The molecular formula is C24H25N5O3. The largest absolute Gasteiger partial charge is 0.454 e. The molecule has 3 aromatic rings. The summed E-state index contributed by atoms with van der Waals surface area (Å²) in [5.41, 5.74) is 2.50. The molecular weight excluding hydrogens is 406 g/mol. The van der Waals surface area contributed by atoms with E-state index in [4.69, 9.17) is 9.47 Å². The lowest BCUT2D eigenvalue weighted by Crippen LogP contribution is -2.19. The minimum absolute atomic E-state index is 0.0914. The van der Waals surface area contributed by atoms with E-state index in [0.29, 0.717) is 11.5 Å². The number of rotatable bonds is 6. The fraction of sp³-hybridized carbons (Fsp3) is 0.292. The first-order chi connectivity index (χ1) is 15.6. The summed E-state index contributed by atoms with van der Waals surface area (Å²) in [6, 6.07) is 15.1. The number of anilines is 4. The van der Waals surface area contributed by atoms with Crippen LogP contribution in [0.5, 0.6) is 11.5 Å². The van der Waals surface area contributed by atoms with Crippen LogP contribution in [0.2, 0.25) is 0 Å². The molecule has 164 valence electrons. The Morgan fingerprint density at radius 3 is 2.53 bits per heavy atom. The summed E-state index contributed by atoms with van der Waals surface area (Å²) in [6.45, 7) is 4.20. The van der Waals surface area contributed by atoms with Crippen LogP contribution in [0.25, 0.3) is 0 Å². The lowest BCUT2D eigenvalue weighted by Gasteiger charge is -2.18. The molecule has 1 fully saturated rings. The Hall–Kier alpha value is -3.81. The van der Waals surface area contributed by atoms with Gasteiger partial charge in [-0.05, 0) is 61.7 Å². The molecule has 32 heavy (non-hydrogen) atoms. The van der Waals surface area contributed by atoms with Crippen molar-refractivity contribution in [1.29, 1.82) is 0 Å². The SMILES string of the molecule is Cc1nc(Nc2ccc(NC(=O)Cc3ccc4c(c3)OCO4)cc2)cc(N2CCCC2)n1. The maximum atomic E-state index is 12.4. The molecule has 0 bridgehead atoms. The zero-order chi connectivity index (χ0) is 21.9. The highest BCUT2D eigenvalue weighted by atomic mass is 16.7. The molecule has 2 N–H and O–H groups in total. The summed E-state index contributed by atoms with van der Waals surface area (Å²) < 4.78 is 10.7. The highest BCUT2D eigenvalue weighted by Crippen LogP contribution is 2.32. The summed E-state index contributed by atoms with van der Waals surface area (Å²) in [4.78, 5) is 23.8. The van der Waals surface area contributed by atoms with Crippen molar-refractivity contribution in [2.45, 2.75) is 26.2 Å². The van der Waals surface area contributed by atoms with Crippen LogP contribution < -0.4 is 25.0 Å². The number of nitrogens with zero attached hydrogens (tertiary/aromatic N) is 3. The van der Waals surface area contributed by atoms with Crippen molar-refractivity contribution in [3.05, 3.63) is 59.9 Å². The third-order valence-corrected chi connectivity index (χ3v) is 5.50. The molecule has 0 unspecified atom stereocenters. The predicted molar refractivity (Wildman–Crippen MR) is 123 cm³/mol. The lowest BCUT2D eigenvalue weighted by atomic mass is 10.1. The molecule has 0 radical (unpaired) electrons. The first kappa shape index (κ1) is 20.1. The maximum absolute atomic E-state index is 12.4. The van der Waals surface area contributed by atoms with E-state index in [-0.39, 0.29) is 19.1 Å². The number of amides is 1. The molecule has 2 aliphatic heterocycles. The van der Waals surface area contributed by atoms with Crippen LogP contribution in [0.4, 0.5) is 23.0 Å². The average molecular weight is 431 g/mol. The van der Waals surface area contributed by atoms with Gasteiger partial charge in [0.05, 0.1) is 6.42 Å². The van der Waals surface area contributed by atoms with Crippen molar-refractivity contribution in [3.8, 4) is 11.5 Å². The summed E-state index contributed by atoms with van der Waals surface area (Å²) in [5.74, 6) is 3.77. The number of hydrogen-bond acceptors (Lipinski definition) is 7. The van der Waals surface area contributed by atoms with Crippen molar-refractivity contribution < 1.29 is 14.3 Å². The second kappa shape index (κ2) is 8.74. The van der Waals surface area contributed by atoms with Gasteiger partial charge in [-0.1, -0.05) is 6.07 Å². The maximum Gasteiger partial charge on any atom is 0.231 e. The van der Waals surface area contributed by atoms with E-state index < -0.39 is 0 Å². The fourth-order valence-corrected chi connectivity index (χ4v) is 3.95. The van der Waals surface area contributed by atoms with Gasteiger partial charge in [0.15, 0.2) is 11.5 Å². The summed E-state index contributed by atoms with van der Waals surface area (Å²) in [5, 5.41) is 6.27. The summed E-state index contributed by atoms with van der Waals surface area (Å²) in [6.07, 6.45) is 2.66. The Morgan fingerprint density at radius 1 is 0.969 bits per heavy atom. The zero-order valence-electron chi connectivity index (χ0n) is 17.9. The quantitative estimate of drug-likeness (QED) is 0.609. The molecule has 0 saturated carbocycles. The van der Waals surface area contributed by atoms with Gasteiger partial charge in [-0.15, -0.1) is 0 Å². The molecule has 1 saturated heterocycles. The molecule has 3 heterocycles. The zero-order valence-corrected chi connectivity index (χ0v) is 17.9. The van der Waals surface area contributed by atoms with Gasteiger partial charge in [-0.3, -0.25) is 4.79 Å². The number of nitrogens with one attached hydrogen (secondary N) is 2. The standard InChI is InChI=1S/C24H25N5O3/c1-16-25-22(14-23(26-16)29-10-2-3-11-29)27-18-5-7-19(8-6-18)28-24(30)13-17-4-9-20-21(12-17)32-15-31-20/h4-9,12,14H,2-3,10-11,13,15H2,1H3,(H,28,30)(H,25,26,27). The van der Waals surface area contributed by atoms with E-state index in [0.717, 1.165) is 47.5 Å². The predicted octanol–water partition coefficient (Wildman–Crippen LogP) is 4.04. The van der Waals surface area contributed by atoms with Crippen LogP contribution in [-0.4, -0.2) is 35.8 Å². The molecule has 1 amide bonds. The number of carbonyl (C=O) groups is 1. The van der Waals surface area contributed by atoms with Gasteiger partial charge >= 0.3 is 0 Å². The van der Waals surface area contributed by atoms with Gasteiger partial charge in [0.25, 0.3) is 0 Å². The van der Waals surface area contributed by atoms with E-state index in [1.807, 2.05) is 55.5 Å². The molecule has 2 aromatic carbocycles. The normalized spacial score (nSPS) is 14.5. The van der Waals surface area contributed by atoms with Crippen molar-refractivity contribution in [1.82, 2.24) is 9.97 Å². The van der Waals surface area contributed by atoms with E-state index in [2.05, 4.69) is 25.5 Å². The summed E-state index contributed by atoms with van der Waals surface area (Å²) in [7, 11) is 0. The monoisotopic (exact) mass is 431 g/mol. The van der Waals surface area contributed by atoms with Crippen molar-refractivity contribution in [2.24, 2.45) is 0 Å². The molecule has 0 spiro atoms. The van der Waals surface area contributed by atoms with E-state index >= 15 is 0 Å². The van der Waals surface area contributed by atoms with Crippen LogP contribution in [-0.2, 0) is 11.2 Å². The Balaban J connectivity index is 1.20. The minimum Gasteiger partial charge on any atom is -0.454 e. The van der Waals surface area contributed by atoms with Crippen LogP contribution in [0.1, 0.15) is 24.2 Å². The van der Waals surface area contributed by atoms with Gasteiger partial charge in [-0.25, -0.2) is 9.97 Å². The first-order valence-corrected chi connectivity index (χ1v) is 10.8. The molecule has 0 aliphatic carbocycles. The number of fused-ring (bicyclic) bond motifs is 1. The van der Waals surface area contributed by atoms with Gasteiger partial charge in [0.1, 0.15) is 17.5 Å². The number of aromatic nitrogens is 2. The molecule has 8 nitrogen and oxygen atoms in total. The van der Waals surface area contributed by atoms with Crippen LogP contribution >= 0.6 is 0 Å². The number of ether oxygens (including phenoxy) is 2. The minimum atomic E-state index is -0.0914. The molecule has 0 atom stereocenters. The Kier molecular flexibility index (Phi) is 5.49. The van der Waals surface area contributed by atoms with Gasteiger partial charge < -0.3 is 25.0 Å². The van der Waals surface area contributed by atoms with Crippen LogP contribution in [0.3, 0.4) is 0 Å². The number of carbonyl (C=O) groups excluding carboxylic acids is 1. The van der Waals surface area contributed by atoms with Gasteiger partial charge in [0, 0.05) is 30.5 Å². The number of benzene rings is 2. The first-order valence-electron chi connectivity index (χ1n) is 10.8. The van der Waals surface area contributed by atoms with Crippen molar-refractivity contribution in [3.63, 3.8) is 0 Å². The molecule has 1 aromatic heterocycles. The summed E-state index contributed by atoms with van der Waals surface area (Å²) >= 11 is 0. The third-order valence-electron chi connectivity index (χ3n) is 5.50. The molecule has 5 rings (SSSR count). The van der Waals surface area contributed by atoms with E-state index in [1.165, 1.54) is 12.8 Å². The molecule has 2 aliphatic rings. The smallest absolute Gasteiger partial charge is 0.231 e. The van der Waals surface area contributed by atoms with E-state index in [9.17, 15) is 4.79 Å². The van der Waals surface area contributed by atoms with Crippen LogP contribution in [0.15, 0.2) is 48.5 Å². The van der Waals surface area contributed by atoms with Gasteiger partial charge in [0.2, 0.25) is 12.7 Å². The molecule has 8 heteroatoms. The van der Waals surface area contributed by atoms with E-state index in [1.54, 1.807) is 0 Å². The van der Waals surface area contributed by atoms with Crippen LogP contribution in [0, 0.1) is 6.92 Å². The highest BCUT2D eigenvalue weighted by Gasteiger charge is 2.16. The Morgan fingerprint density at radius 2 is 1.72 bits per heavy atom. The van der Waals surface area contributed by atoms with Gasteiger partial charge in [-0.2, -0.15) is 0 Å². The topological polar surface area (TPSA) is 88.6 Å². The van der Waals surface area contributed by atoms with Crippen molar-refractivity contribution in [2.75, 3.05) is 35.4 Å². The fourth-order valence-electron chi connectivity index (χ4n) is 3.95. The highest BCUT2D eigenvalue weighted by molar-refractivity contribution is 5.92. The second-order valence-corrected chi connectivity index (χ2v) is 7.97. The third kappa shape index (κ3) is 4.59. The number of aryl methyl sites for hydroxylation is 1. The average Bonchev–Trinajstić information content (AvgIpc) is 3.46. The Labute approximate surface area is 186 Å². The lowest BCUT2D eigenvalue weighted by molar-refractivity contribution is -0.115. The van der Waals surface area contributed by atoms with Crippen molar-refractivity contribution >= 4 is 28.9 Å².